The Kier molecular flexibility index (Phi) is 3.31. The number of rotatable bonds is 4. The number of nitro groups is 3. The average Bonchev–Trinajstić information content (AvgIpc) is 2.26. The first-order valence-electron chi connectivity index (χ1n) is 4.48. The first-order valence-corrected chi connectivity index (χ1v) is 4.48. The van der Waals surface area contributed by atoms with Crippen LogP contribution >= 0.6 is 0 Å². The van der Waals surface area contributed by atoms with E-state index in [9.17, 15) is 30.3 Å². The Bertz CT molecular complexity index is 477. The second kappa shape index (κ2) is 4.51. The molecule has 0 saturated carbocycles. The second-order valence-electron chi connectivity index (χ2n) is 3.09. The minimum absolute atomic E-state index is 0.0463. The Labute approximate surface area is 94.1 Å². The summed E-state index contributed by atoms with van der Waals surface area (Å²) in [5, 5.41) is 31.9. The molecule has 0 atom stereocenters. The molecule has 9 nitrogen and oxygen atoms in total. The Balaban J connectivity index is 3.63. The van der Waals surface area contributed by atoms with Gasteiger partial charge < -0.3 is 0 Å². The minimum atomic E-state index is -0.903. The van der Waals surface area contributed by atoms with Crippen molar-refractivity contribution in [3.05, 3.63) is 48.0 Å². The van der Waals surface area contributed by atoms with Gasteiger partial charge >= 0.3 is 0 Å². The molecule has 0 unspecified atom stereocenters. The van der Waals surface area contributed by atoms with Crippen LogP contribution in [0.2, 0.25) is 0 Å². The summed E-state index contributed by atoms with van der Waals surface area (Å²) < 4.78 is 0. The Morgan fingerprint density at radius 2 is 1.35 bits per heavy atom. The zero-order valence-corrected chi connectivity index (χ0v) is 8.65. The molecule has 0 spiro atoms. The molecule has 0 saturated heterocycles. The predicted molar refractivity (Wildman–Crippen MR) is 55.8 cm³/mol. The van der Waals surface area contributed by atoms with Gasteiger partial charge in [-0.05, 0) is 6.42 Å². The summed E-state index contributed by atoms with van der Waals surface area (Å²) in [5.74, 6) is 0. The second-order valence-corrected chi connectivity index (χ2v) is 3.09. The largest absolute Gasteiger partial charge is 0.286 e. The number of hydrogen-bond acceptors (Lipinski definition) is 6. The first kappa shape index (κ1) is 12.5. The normalized spacial score (nSPS) is 9.94. The molecule has 1 aromatic carbocycles. The van der Waals surface area contributed by atoms with Crippen LogP contribution in [0.3, 0.4) is 0 Å². The summed E-state index contributed by atoms with van der Waals surface area (Å²) in [6.45, 7) is 1.50. The van der Waals surface area contributed by atoms with Gasteiger partial charge in [-0.2, -0.15) is 0 Å². The number of nitro benzene ring substituents is 3. The van der Waals surface area contributed by atoms with Gasteiger partial charge in [-0.3, -0.25) is 30.3 Å². The number of nitrogens with zero attached hydrogens (tertiary/aromatic N) is 3. The van der Waals surface area contributed by atoms with E-state index in [1.54, 1.807) is 0 Å². The Hall–Kier alpha value is -2.58. The van der Waals surface area contributed by atoms with Gasteiger partial charge in [0.05, 0.1) is 26.9 Å². The molecule has 0 amide bonds. The third-order valence-electron chi connectivity index (χ3n) is 2.15. The van der Waals surface area contributed by atoms with E-state index in [1.165, 1.54) is 6.92 Å². The van der Waals surface area contributed by atoms with Crippen molar-refractivity contribution in [3.8, 4) is 0 Å². The van der Waals surface area contributed by atoms with E-state index in [4.69, 9.17) is 0 Å². The summed E-state index contributed by atoms with van der Waals surface area (Å²) in [6.07, 6.45) is 0.0463. The molecule has 0 radical (unpaired) electrons. The van der Waals surface area contributed by atoms with Crippen LogP contribution < -0.4 is 0 Å². The molecule has 0 N–H and O–H groups in total. The summed E-state index contributed by atoms with van der Waals surface area (Å²) >= 11 is 0. The molecule has 1 aromatic rings. The number of benzene rings is 1. The van der Waals surface area contributed by atoms with Crippen LogP contribution in [0, 0.1) is 30.3 Å². The summed E-state index contributed by atoms with van der Waals surface area (Å²) in [7, 11) is 0. The maximum absolute atomic E-state index is 10.7. The van der Waals surface area contributed by atoms with Crippen LogP contribution in [0.15, 0.2) is 12.1 Å². The standard InChI is InChI=1S/C8H7N3O6/c1-2-6-7(10(14)15)3-5(9(12)13)4-8(6)11(16)17/h3-4H,2H2,1H3. The SMILES string of the molecule is CCc1c([N+](=O)[O-])cc([N+](=O)[O-])cc1[N+](=O)[O-]. The van der Waals surface area contributed by atoms with Crippen molar-refractivity contribution in [1.82, 2.24) is 0 Å². The van der Waals surface area contributed by atoms with Crippen LogP contribution in [0.4, 0.5) is 17.1 Å². The zero-order valence-electron chi connectivity index (χ0n) is 8.65. The number of non-ortho nitro benzene ring substituents is 1. The van der Waals surface area contributed by atoms with Crippen LogP contribution in [0.5, 0.6) is 0 Å². The van der Waals surface area contributed by atoms with Gasteiger partial charge in [-0.25, -0.2) is 0 Å². The van der Waals surface area contributed by atoms with Gasteiger partial charge in [0.2, 0.25) is 0 Å². The van der Waals surface area contributed by atoms with Gasteiger partial charge in [0.1, 0.15) is 5.56 Å². The highest BCUT2D eigenvalue weighted by Gasteiger charge is 2.28. The molecule has 1 rings (SSSR count). The third kappa shape index (κ3) is 2.33. The molecule has 9 heteroatoms. The molecule has 0 bridgehead atoms. The fraction of sp³-hybridized carbons (Fsp3) is 0.250. The predicted octanol–water partition coefficient (Wildman–Crippen LogP) is 1.97. The highest BCUT2D eigenvalue weighted by atomic mass is 16.6. The maximum atomic E-state index is 10.7. The molecule has 17 heavy (non-hydrogen) atoms. The summed E-state index contributed by atoms with van der Waals surface area (Å²) in [4.78, 5) is 29.3. The van der Waals surface area contributed by atoms with Crippen molar-refractivity contribution in [2.45, 2.75) is 13.3 Å². The van der Waals surface area contributed by atoms with E-state index in [0.717, 1.165) is 12.1 Å². The molecule has 0 aliphatic heterocycles. The van der Waals surface area contributed by atoms with Crippen molar-refractivity contribution in [2.24, 2.45) is 0 Å². The highest BCUT2D eigenvalue weighted by molar-refractivity contribution is 5.60. The van der Waals surface area contributed by atoms with Gasteiger partial charge in [0, 0.05) is 0 Å². The lowest BCUT2D eigenvalue weighted by molar-refractivity contribution is -0.404. The van der Waals surface area contributed by atoms with Gasteiger partial charge in [-0.1, -0.05) is 6.92 Å². The van der Waals surface area contributed by atoms with E-state index < -0.39 is 31.8 Å². The van der Waals surface area contributed by atoms with E-state index in [2.05, 4.69) is 0 Å². The average molecular weight is 241 g/mol. The number of hydrogen-bond donors (Lipinski definition) is 0. The van der Waals surface area contributed by atoms with E-state index in [-0.39, 0.29) is 12.0 Å². The monoisotopic (exact) mass is 241 g/mol. The van der Waals surface area contributed by atoms with Gasteiger partial charge in [0.25, 0.3) is 17.1 Å². The van der Waals surface area contributed by atoms with Crippen molar-refractivity contribution in [1.29, 1.82) is 0 Å². The van der Waals surface area contributed by atoms with E-state index in [0.29, 0.717) is 0 Å². The first-order chi connectivity index (χ1) is 7.88. The third-order valence-corrected chi connectivity index (χ3v) is 2.15. The van der Waals surface area contributed by atoms with Crippen molar-refractivity contribution >= 4 is 17.1 Å². The Morgan fingerprint density at radius 3 is 1.59 bits per heavy atom. The molecular formula is C8H7N3O6. The van der Waals surface area contributed by atoms with Crippen LogP contribution in [0.1, 0.15) is 12.5 Å². The van der Waals surface area contributed by atoms with Crippen LogP contribution in [-0.2, 0) is 6.42 Å². The molecule has 0 fully saturated rings. The minimum Gasteiger partial charge on any atom is -0.258 e. The van der Waals surface area contributed by atoms with Gasteiger partial charge in [-0.15, -0.1) is 0 Å². The topological polar surface area (TPSA) is 129 Å². The summed E-state index contributed by atoms with van der Waals surface area (Å²) in [5.41, 5.74) is -1.99. The lowest BCUT2D eigenvalue weighted by Gasteiger charge is -2.01. The van der Waals surface area contributed by atoms with Crippen LogP contribution in [0.25, 0.3) is 0 Å². The zero-order chi connectivity index (χ0) is 13.2. The quantitative estimate of drug-likeness (QED) is 0.585. The lowest BCUT2D eigenvalue weighted by Crippen LogP contribution is -2.02. The van der Waals surface area contributed by atoms with Crippen molar-refractivity contribution in [2.75, 3.05) is 0 Å². The van der Waals surface area contributed by atoms with E-state index >= 15 is 0 Å². The highest BCUT2D eigenvalue weighted by Crippen LogP contribution is 2.33. The fourth-order valence-corrected chi connectivity index (χ4v) is 1.42. The smallest absolute Gasteiger partial charge is 0.258 e. The Morgan fingerprint density at radius 1 is 0.941 bits per heavy atom. The van der Waals surface area contributed by atoms with Gasteiger partial charge in [0.15, 0.2) is 0 Å². The summed E-state index contributed by atoms with van der Waals surface area (Å²) in [6, 6.07) is 1.46. The lowest BCUT2D eigenvalue weighted by atomic mass is 10.1. The molecular weight excluding hydrogens is 234 g/mol. The molecule has 0 heterocycles. The van der Waals surface area contributed by atoms with Crippen molar-refractivity contribution < 1.29 is 14.8 Å². The molecule has 0 aromatic heterocycles. The fourth-order valence-electron chi connectivity index (χ4n) is 1.42. The molecule has 0 aliphatic carbocycles. The molecule has 90 valence electrons. The van der Waals surface area contributed by atoms with Crippen LogP contribution in [-0.4, -0.2) is 14.8 Å². The van der Waals surface area contributed by atoms with Crippen molar-refractivity contribution in [3.63, 3.8) is 0 Å². The molecule has 0 aliphatic rings. The maximum Gasteiger partial charge on any atom is 0.286 e. The van der Waals surface area contributed by atoms with E-state index in [1.807, 2.05) is 0 Å².